The van der Waals surface area contributed by atoms with Crippen molar-refractivity contribution >= 4 is 22.8 Å². The Morgan fingerprint density at radius 3 is 2.95 bits per heavy atom. The quantitative estimate of drug-likeness (QED) is 0.800. The largest absolute Gasteiger partial charge is 0.361 e. The lowest BCUT2D eigenvalue weighted by Gasteiger charge is -2.14. The molecular formula is C14H17N5S. The predicted molar refractivity (Wildman–Crippen MR) is 81.3 cm³/mol. The monoisotopic (exact) mass is 287 g/mol. The molecule has 20 heavy (non-hydrogen) atoms. The topological polar surface area (TPSA) is 55.1 Å². The second kappa shape index (κ2) is 5.20. The van der Waals surface area contributed by atoms with E-state index in [2.05, 4.69) is 47.2 Å². The van der Waals surface area contributed by atoms with Crippen molar-refractivity contribution in [1.29, 1.82) is 0 Å². The van der Waals surface area contributed by atoms with Gasteiger partial charge in [0.05, 0.1) is 6.04 Å². The van der Waals surface area contributed by atoms with Gasteiger partial charge in [0.25, 0.3) is 0 Å². The number of hydrogen-bond donors (Lipinski definition) is 1. The van der Waals surface area contributed by atoms with Gasteiger partial charge in [0.1, 0.15) is 17.2 Å². The maximum absolute atomic E-state index is 4.48. The van der Waals surface area contributed by atoms with Crippen molar-refractivity contribution < 1.29 is 0 Å². The highest BCUT2D eigenvalue weighted by Gasteiger charge is 2.12. The Morgan fingerprint density at radius 2 is 2.20 bits per heavy atom. The molecule has 0 saturated heterocycles. The standard InChI is InChI=1S/C14H17N5S/c1-4-11-7-15-14(20-11)10(3)18-13-6-9(2)5-12-16-8-17-19(12)13/h5-8,10,18H,4H2,1-3H3. The maximum Gasteiger partial charge on any atom is 0.157 e. The van der Waals surface area contributed by atoms with Crippen LogP contribution in [0.1, 0.15) is 35.3 Å². The van der Waals surface area contributed by atoms with E-state index in [1.807, 2.05) is 16.8 Å². The molecule has 0 amide bonds. The number of nitrogens with zero attached hydrogens (tertiary/aromatic N) is 4. The first-order valence-electron chi connectivity index (χ1n) is 6.69. The van der Waals surface area contributed by atoms with Crippen molar-refractivity contribution in [2.24, 2.45) is 0 Å². The molecular weight excluding hydrogens is 270 g/mol. The summed E-state index contributed by atoms with van der Waals surface area (Å²) >= 11 is 1.75. The summed E-state index contributed by atoms with van der Waals surface area (Å²) in [5, 5.41) is 8.82. The predicted octanol–water partition coefficient (Wildman–Crippen LogP) is 3.23. The van der Waals surface area contributed by atoms with E-state index >= 15 is 0 Å². The van der Waals surface area contributed by atoms with Crippen molar-refractivity contribution in [3.05, 3.63) is 40.1 Å². The van der Waals surface area contributed by atoms with Crippen LogP contribution in [-0.2, 0) is 6.42 Å². The van der Waals surface area contributed by atoms with E-state index in [0.29, 0.717) is 0 Å². The minimum Gasteiger partial charge on any atom is -0.361 e. The summed E-state index contributed by atoms with van der Waals surface area (Å²) in [4.78, 5) is 10.0. The highest BCUT2D eigenvalue weighted by molar-refractivity contribution is 7.11. The van der Waals surface area contributed by atoms with Crippen LogP contribution in [0.2, 0.25) is 0 Å². The fourth-order valence-corrected chi connectivity index (χ4v) is 2.99. The van der Waals surface area contributed by atoms with Crippen LogP contribution in [-0.4, -0.2) is 19.6 Å². The van der Waals surface area contributed by atoms with Gasteiger partial charge in [-0.1, -0.05) is 6.92 Å². The molecule has 0 spiro atoms. The fraction of sp³-hybridized carbons (Fsp3) is 0.357. The minimum absolute atomic E-state index is 0.148. The van der Waals surface area contributed by atoms with Crippen LogP contribution in [0.4, 0.5) is 5.82 Å². The molecule has 0 aliphatic heterocycles. The van der Waals surface area contributed by atoms with Gasteiger partial charge in [-0.3, -0.25) is 0 Å². The van der Waals surface area contributed by atoms with Crippen molar-refractivity contribution in [1.82, 2.24) is 19.6 Å². The summed E-state index contributed by atoms with van der Waals surface area (Å²) < 4.78 is 1.82. The Balaban J connectivity index is 1.90. The Bertz CT molecular complexity index is 730. The van der Waals surface area contributed by atoms with Crippen LogP contribution in [0.5, 0.6) is 0 Å². The summed E-state index contributed by atoms with van der Waals surface area (Å²) in [5.74, 6) is 0.943. The second-order valence-electron chi connectivity index (χ2n) is 4.83. The molecule has 0 fully saturated rings. The fourth-order valence-electron chi connectivity index (χ4n) is 2.13. The van der Waals surface area contributed by atoms with Gasteiger partial charge in [-0.25, -0.2) is 9.97 Å². The van der Waals surface area contributed by atoms with Gasteiger partial charge in [0.2, 0.25) is 0 Å². The molecule has 5 nitrogen and oxygen atoms in total. The zero-order valence-corrected chi connectivity index (χ0v) is 12.6. The first-order chi connectivity index (χ1) is 9.67. The molecule has 0 saturated carbocycles. The number of anilines is 1. The maximum atomic E-state index is 4.48. The van der Waals surface area contributed by atoms with Gasteiger partial charge >= 0.3 is 0 Å². The summed E-state index contributed by atoms with van der Waals surface area (Å²) in [6.07, 6.45) is 4.56. The van der Waals surface area contributed by atoms with Gasteiger partial charge in [-0.05, 0) is 38.0 Å². The summed E-state index contributed by atoms with van der Waals surface area (Å²) in [6, 6.07) is 4.24. The van der Waals surface area contributed by atoms with Crippen molar-refractivity contribution in [3.63, 3.8) is 0 Å². The molecule has 0 radical (unpaired) electrons. The van der Waals surface area contributed by atoms with E-state index in [9.17, 15) is 0 Å². The molecule has 0 aliphatic carbocycles. The van der Waals surface area contributed by atoms with Crippen molar-refractivity contribution in [2.45, 2.75) is 33.2 Å². The molecule has 6 heteroatoms. The van der Waals surface area contributed by atoms with Gasteiger partial charge in [0, 0.05) is 11.1 Å². The molecule has 0 bridgehead atoms. The smallest absolute Gasteiger partial charge is 0.157 e. The van der Waals surface area contributed by atoms with E-state index in [4.69, 9.17) is 0 Å². The third-order valence-electron chi connectivity index (χ3n) is 3.18. The number of pyridine rings is 1. The van der Waals surface area contributed by atoms with E-state index in [-0.39, 0.29) is 6.04 Å². The Labute approximate surface area is 121 Å². The number of aryl methyl sites for hydroxylation is 2. The molecule has 104 valence electrons. The molecule has 3 rings (SSSR count). The molecule has 3 aromatic heterocycles. The number of thiazole rings is 1. The van der Waals surface area contributed by atoms with Crippen LogP contribution in [0.15, 0.2) is 24.7 Å². The van der Waals surface area contributed by atoms with Crippen LogP contribution >= 0.6 is 11.3 Å². The first kappa shape index (κ1) is 13.1. The van der Waals surface area contributed by atoms with E-state index in [0.717, 1.165) is 28.5 Å². The highest BCUT2D eigenvalue weighted by Crippen LogP contribution is 2.24. The number of aromatic nitrogens is 4. The third-order valence-corrected chi connectivity index (χ3v) is 4.50. The van der Waals surface area contributed by atoms with Gasteiger partial charge in [0.15, 0.2) is 5.65 Å². The van der Waals surface area contributed by atoms with Crippen LogP contribution < -0.4 is 5.32 Å². The summed E-state index contributed by atoms with van der Waals surface area (Å²) in [5.41, 5.74) is 2.02. The van der Waals surface area contributed by atoms with Gasteiger partial charge in [-0.15, -0.1) is 11.3 Å². The van der Waals surface area contributed by atoms with E-state index < -0.39 is 0 Å². The van der Waals surface area contributed by atoms with Crippen LogP contribution in [0.3, 0.4) is 0 Å². The highest BCUT2D eigenvalue weighted by atomic mass is 32.1. The normalized spacial score (nSPS) is 12.8. The van der Waals surface area contributed by atoms with Crippen LogP contribution in [0, 0.1) is 6.92 Å². The summed E-state index contributed by atoms with van der Waals surface area (Å²) in [6.45, 7) is 6.32. The molecule has 1 unspecified atom stereocenters. The van der Waals surface area contributed by atoms with Crippen molar-refractivity contribution in [3.8, 4) is 0 Å². The molecule has 3 heterocycles. The SMILES string of the molecule is CCc1cnc(C(C)Nc2cc(C)cc3ncnn23)s1. The zero-order valence-electron chi connectivity index (χ0n) is 11.8. The molecule has 1 atom stereocenters. The van der Waals surface area contributed by atoms with Gasteiger partial charge < -0.3 is 5.32 Å². The molecule has 0 aliphatic rings. The molecule has 1 N–H and O–H groups in total. The minimum atomic E-state index is 0.148. The second-order valence-corrected chi connectivity index (χ2v) is 5.98. The number of fused-ring (bicyclic) bond motifs is 1. The number of nitrogens with one attached hydrogen (secondary N) is 1. The number of rotatable bonds is 4. The lowest BCUT2D eigenvalue weighted by Crippen LogP contribution is -2.10. The Kier molecular flexibility index (Phi) is 3.40. The molecule has 3 aromatic rings. The first-order valence-corrected chi connectivity index (χ1v) is 7.50. The Morgan fingerprint density at radius 1 is 1.35 bits per heavy atom. The van der Waals surface area contributed by atoms with Crippen molar-refractivity contribution in [2.75, 3.05) is 5.32 Å². The third kappa shape index (κ3) is 2.38. The van der Waals surface area contributed by atoms with E-state index in [1.165, 1.54) is 4.88 Å². The van der Waals surface area contributed by atoms with Gasteiger partial charge in [-0.2, -0.15) is 9.61 Å². The lowest BCUT2D eigenvalue weighted by molar-refractivity contribution is 0.835. The average molecular weight is 287 g/mol. The molecule has 0 aromatic carbocycles. The lowest BCUT2D eigenvalue weighted by atomic mass is 10.2. The van der Waals surface area contributed by atoms with E-state index in [1.54, 1.807) is 17.7 Å². The number of hydrogen-bond acceptors (Lipinski definition) is 5. The Hall–Kier alpha value is -1.95. The zero-order chi connectivity index (χ0) is 14.1. The summed E-state index contributed by atoms with van der Waals surface area (Å²) in [7, 11) is 0. The van der Waals surface area contributed by atoms with Crippen LogP contribution in [0.25, 0.3) is 5.65 Å². The average Bonchev–Trinajstić information content (AvgIpc) is 3.06.